The van der Waals surface area contributed by atoms with Gasteiger partial charge in [-0.05, 0) is 18.6 Å². The quantitative estimate of drug-likeness (QED) is 0.710. The summed E-state index contributed by atoms with van der Waals surface area (Å²) in [5, 5.41) is 11.3. The number of anilines is 1. The third-order valence-corrected chi connectivity index (χ3v) is 6.37. The molecular weight excluding hydrogens is 374 g/mol. The average molecular weight is 389 g/mol. The molecule has 0 atom stereocenters. The topological polar surface area (TPSA) is 119 Å². The third kappa shape index (κ3) is 3.02. The molecule has 1 aromatic carbocycles. The van der Waals surface area contributed by atoms with Gasteiger partial charge < -0.3 is 9.88 Å². The fraction of sp³-hybridized carbons (Fsp3) is 0.188. The van der Waals surface area contributed by atoms with Crippen LogP contribution in [0.25, 0.3) is 10.9 Å². The number of thiazole rings is 1. The van der Waals surface area contributed by atoms with Gasteiger partial charge in [-0.15, -0.1) is 11.3 Å². The van der Waals surface area contributed by atoms with Gasteiger partial charge in [0.05, 0.1) is 16.8 Å². The molecule has 0 aliphatic heterocycles. The van der Waals surface area contributed by atoms with Crippen LogP contribution in [0.2, 0.25) is 0 Å². The van der Waals surface area contributed by atoms with Crippen molar-refractivity contribution in [2.24, 2.45) is 0 Å². The molecule has 2 heterocycles. The molecule has 0 saturated heterocycles. The van der Waals surface area contributed by atoms with E-state index in [4.69, 9.17) is 0 Å². The minimum absolute atomic E-state index is 0.0704. The zero-order valence-corrected chi connectivity index (χ0v) is 15.8. The highest BCUT2D eigenvalue weighted by Gasteiger charge is 2.23. The van der Waals surface area contributed by atoms with Crippen LogP contribution in [0.15, 0.2) is 28.0 Å². The summed E-state index contributed by atoms with van der Waals surface area (Å²) in [7, 11) is -0.840. The van der Waals surface area contributed by atoms with Crippen molar-refractivity contribution in [3.8, 4) is 6.07 Å². The van der Waals surface area contributed by atoms with E-state index < -0.39 is 10.0 Å². The maximum absolute atomic E-state index is 12.6. The molecule has 0 spiro atoms. The zero-order chi connectivity index (χ0) is 19.1. The Kier molecular flexibility index (Phi) is 4.43. The molecule has 3 rings (SSSR count). The summed E-state index contributed by atoms with van der Waals surface area (Å²) >= 11 is 0.868. The van der Waals surface area contributed by atoms with Crippen molar-refractivity contribution < 1.29 is 13.2 Å². The summed E-state index contributed by atoms with van der Waals surface area (Å²) in [5.74, 6) is -0.372. The van der Waals surface area contributed by atoms with Crippen molar-refractivity contribution in [2.75, 3.05) is 18.8 Å². The van der Waals surface area contributed by atoms with E-state index in [1.165, 1.54) is 16.5 Å². The van der Waals surface area contributed by atoms with E-state index in [9.17, 15) is 18.5 Å². The summed E-state index contributed by atoms with van der Waals surface area (Å²) in [6.45, 7) is 1.84. The van der Waals surface area contributed by atoms with E-state index in [1.807, 2.05) is 6.92 Å². The van der Waals surface area contributed by atoms with Gasteiger partial charge >= 0.3 is 0 Å². The standard InChI is InChI=1S/C16H15N5O3S2/c1-9-4-5-11(14-13(9)10(6-17)7-18-14)20-26(23,24)16-19-12(8-25-16)15(22)21(2)3/h4-5,7-8,18,20H,1-3H3. The maximum Gasteiger partial charge on any atom is 0.289 e. The lowest BCUT2D eigenvalue weighted by molar-refractivity contribution is 0.0822. The Labute approximate surface area is 154 Å². The smallest absolute Gasteiger partial charge is 0.289 e. The van der Waals surface area contributed by atoms with Crippen molar-refractivity contribution >= 4 is 43.9 Å². The normalized spacial score (nSPS) is 11.3. The first-order valence-electron chi connectivity index (χ1n) is 7.45. The number of nitriles is 1. The first kappa shape index (κ1) is 17.9. The number of benzene rings is 1. The minimum Gasteiger partial charge on any atom is -0.358 e. The van der Waals surface area contributed by atoms with Gasteiger partial charge in [0.2, 0.25) is 4.34 Å². The summed E-state index contributed by atoms with van der Waals surface area (Å²) in [6.07, 6.45) is 1.53. The zero-order valence-electron chi connectivity index (χ0n) is 14.2. The fourth-order valence-corrected chi connectivity index (χ4v) is 4.55. The second kappa shape index (κ2) is 6.44. The molecule has 2 N–H and O–H groups in total. The van der Waals surface area contributed by atoms with Gasteiger partial charge in [0.15, 0.2) is 0 Å². The van der Waals surface area contributed by atoms with Crippen LogP contribution in [0.5, 0.6) is 0 Å². The van der Waals surface area contributed by atoms with Gasteiger partial charge in [0.1, 0.15) is 11.8 Å². The maximum atomic E-state index is 12.6. The molecule has 1 amide bonds. The minimum atomic E-state index is -3.97. The van der Waals surface area contributed by atoms with Crippen molar-refractivity contribution in [2.45, 2.75) is 11.3 Å². The van der Waals surface area contributed by atoms with Crippen LogP contribution in [0.3, 0.4) is 0 Å². The highest BCUT2D eigenvalue weighted by Crippen LogP contribution is 2.30. The van der Waals surface area contributed by atoms with Crippen LogP contribution in [-0.4, -0.2) is 43.3 Å². The van der Waals surface area contributed by atoms with Gasteiger partial charge in [-0.1, -0.05) is 6.07 Å². The summed E-state index contributed by atoms with van der Waals surface area (Å²) < 4.78 is 27.6. The van der Waals surface area contributed by atoms with Gasteiger partial charge in [0, 0.05) is 31.1 Å². The molecule has 26 heavy (non-hydrogen) atoms. The number of aromatic nitrogens is 2. The number of nitrogens with one attached hydrogen (secondary N) is 2. The van der Waals surface area contributed by atoms with Crippen LogP contribution in [-0.2, 0) is 10.0 Å². The number of carbonyl (C=O) groups excluding carboxylic acids is 1. The molecule has 0 radical (unpaired) electrons. The van der Waals surface area contributed by atoms with E-state index in [0.29, 0.717) is 22.2 Å². The molecule has 0 aliphatic rings. The first-order chi connectivity index (χ1) is 12.2. The van der Waals surface area contributed by atoms with Crippen LogP contribution in [0, 0.1) is 18.3 Å². The van der Waals surface area contributed by atoms with E-state index in [0.717, 1.165) is 16.9 Å². The second-order valence-corrected chi connectivity index (χ2v) is 8.51. The number of aromatic amines is 1. The molecule has 0 saturated carbocycles. The molecule has 0 bridgehead atoms. The summed E-state index contributed by atoms with van der Waals surface area (Å²) in [5.41, 5.74) is 2.19. The second-order valence-electron chi connectivity index (χ2n) is 5.80. The number of hydrogen-bond acceptors (Lipinski definition) is 6. The highest BCUT2D eigenvalue weighted by molar-refractivity contribution is 7.94. The van der Waals surface area contributed by atoms with Crippen LogP contribution >= 0.6 is 11.3 Å². The number of aryl methyl sites for hydroxylation is 1. The average Bonchev–Trinajstić information content (AvgIpc) is 3.24. The Morgan fingerprint density at radius 1 is 1.38 bits per heavy atom. The van der Waals surface area contributed by atoms with Gasteiger partial charge in [-0.25, -0.2) is 4.98 Å². The summed E-state index contributed by atoms with van der Waals surface area (Å²) in [4.78, 5) is 20.1. The Morgan fingerprint density at radius 2 is 2.12 bits per heavy atom. The van der Waals surface area contributed by atoms with Crippen molar-refractivity contribution in [1.82, 2.24) is 14.9 Å². The lowest BCUT2D eigenvalue weighted by Gasteiger charge is -2.09. The first-order valence-corrected chi connectivity index (χ1v) is 9.81. The van der Waals surface area contributed by atoms with Crippen molar-refractivity contribution in [3.63, 3.8) is 0 Å². The highest BCUT2D eigenvalue weighted by atomic mass is 32.2. The number of sulfonamides is 1. The van der Waals surface area contributed by atoms with Gasteiger partial charge in [-0.3, -0.25) is 9.52 Å². The van der Waals surface area contributed by atoms with Crippen LogP contribution in [0.1, 0.15) is 21.6 Å². The molecule has 3 aromatic rings. The molecule has 2 aromatic heterocycles. The molecule has 0 aliphatic carbocycles. The molecular formula is C16H15N5O3S2. The van der Waals surface area contributed by atoms with E-state index in [-0.39, 0.29) is 15.9 Å². The van der Waals surface area contributed by atoms with Gasteiger partial charge in [0.25, 0.3) is 15.9 Å². The van der Waals surface area contributed by atoms with E-state index >= 15 is 0 Å². The number of nitrogens with zero attached hydrogens (tertiary/aromatic N) is 3. The molecule has 10 heteroatoms. The molecule has 134 valence electrons. The Bertz CT molecular complexity index is 1150. The van der Waals surface area contributed by atoms with E-state index in [1.54, 1.807) is 26.2 Å². The fourth-order valence-electron chi connectivity index (χ4n) is 2.49. The summed E-state index contributed by atoms with van der Waals surface area (Å²) in [6, 6.07) is 5.43. The number of amides is 1. The number of H-pyrrole nitrogens is 1. The lowest BCUT2D eigenvalue weighted by Crippen LogP contribution is -2.22. The SMILES string of the molecule is Cc1ccc(NS(=O)(=O)c2nc(C(=O)N(C)C)cs2)c2[nH]cc(C#N)c12. The van der Waals surface area contributed by atoms with Crippen molar-refractivity contribution in [1.29, 1.82) is 5.26 Å². The Hall–Kier alpha value is -2.90. The van der Waals surface area contributed by atoms with Crippen LogP contribution in [0.4, 0.5) is 5.69 Å². The predicted molar refractivity (Wildman–Crippen MR) is 98.7 cm³/mol. The lowest BCUT2D eigenvalue weighted by atomic mass is 10.1. The molecule has 8 nitrogen and oxygen atoms in total. The molecule has 0 unspecified atom stereocenters. The predicted octanol–water partition coefficient (Wildman–Crippen LogP) is 2.31. The van der Waals surface area contributed by atoms with E-state index in [2.05, 4.69) is 20.8 Å². The van der Waals surface area contributed by atoms with Crippen molar-refractivity contribution in [3.05, 3.63) is 40.5 Å². The number of hydrogen-bond donors (Lipinski definition) is 2. The molecule has 0 fully saturated rings. The number of carbonyl (C=O) groups is 1. The number of fused-ring (bicyclic) bond motifs is 1. The van der Waals surface area contributed by atoms with Crippen LogP contribution < -0.4 is 4.72 Å². The number of rotatable bonds is 4. The largest absolute Gasteiger partial charge is 0.358 e. The van der Waals surface area contributed by atoms with Gasteiger partial charge in [-0.2, -0.15) is 13.7 Å². The third-order valence-electron chi connectivity index (χ3n) is 3.75. The Balaban J connectivity index is 2.00. The monoisotopic (exact) mass is 389 g/mol. The Morgan fingerprint density at radius 3 is 2.77 bits per heavy atom.